The number of benzene rings is 3. The van der Waals surface area contributed by atoms with Crippen LogP contribution < -0.4 is 20.1 Å². The molecule has 1 aliphatic rings. The van der Waals surface area contributed by atoms with Crippen molar-refractivity contribution in [2.45, 2.75) is 6.42 Å². The van der Waals surface area contributed by atoms with Crippen LogP contribution in [0.15, 0.2) is 83.5 Å². The minimum atomic E-state index is -0.539. The third-order valence-corrected chi connectivity index (χ3v) is 6.00. The molecule has 0 atom stereocenters. The van der Waals surface area contributed by atoms with Crippen molar-refractivity contribution in [2.75, 3.05) is 31.4 Å². The number of nitrogens with zero attached hydrogens (tertiary/aromatic N) is 1. The van der Waals surface area contributed by atoms with Gasteiger partial charge in [-0.2, -0.15) is 0 Å². The Hall–Kier alpha value is -4.30. The predicted molar refractivity (Wildman–Crippen MR) is 137 cm³/mol. The van der Waals surface area contributed by atoms with E-state index in [4.69, 9.17) is 21.1 Å². The van der Waals surface area contributed by atoms with E-state index in [9.17, 15) is 14.4 Å². The van der Waals surface area contributed by atoms with Gasteiger partial charge in [0, 0.05) is 23.9 Å². The third kappa shape index (κ3) is 5.34. The zero-order valence-corrected chi connectivity index (χ0v) is 20.5. The van der Waals surface area contributed by atoms with Crippen molar-refractivity contribution in [1.29, 1.82) is 0 Å². The van der Waals surface area contributed by atoms with E-state index >= 15 is 0 Å². The molecule has 0 unspecified atom stereocenters. The van der Waals surface area contributed by atoms with Crippen LogP contribution in [0, 0.1) is 0 Å². The molecule has 9 heteroatoms. The topological polar surface area (TPSA) is 97.0 Å². The van der Waals surface area contributed by atoms with Gasteiger partial charge in [-0.05, 0) is 48.4 Å². The number of nitrogens with one attached hydrogen (secondary N) is 2. The number of ether oxygens (including phenoxy) is 2. The summed E-state index contributed by atoms with van der Waals surface area (Å²) in [4.78, 5) is 39.3. The van der Waals surface area contributed by atoms with Crippen LogP contribution in [0.25, 0.3) is 0 Å². The summed E-state index contributed by atoms with van der Waals surface area (Å²) in [6.07, 6.45) is 0.525. The van der Waals surface area contributed by atoms with Gasteiger partial charge in [-0.1, -0.05) is 41.9 Å². The van der Waals surface area contributed by atoms with E-state index in [1.807, 2.05) is 30.3 Å². The first-order valence-corrected chi connectivity index (χ1v) is 11.5. The van der Waals surface area contributed by atoms with Crippen molar-refractivity contribution in [1.82, 2.24) is 4.90 Å². The molecule has 0 spiro atoms. The number of halogens is 1. The number of amides is 3. The SMILES string of the molecule is COc1ccc(OC)c(NC(=O)c2ccc(NC3=C(Cl)C(=O)N(CCc4ccccc4)C3=O)cc2)c1. The summed E-state index contributed by atoms with van der Waals surface area (Å²) in [7, 11) is 3.04. The minimum absolute atomic E-state index is 0.00745. The molecular formula is C27H24ClN3O5. The monoisotopic (exact) mass is 505 g/mol. The van der Waals surface area contributed by atoms with Crippen LogP contribution in [-0.2, 0) is 16.0 Å². The summed E-state index contributed by atoms with van der Waals surface area (Å²) < 4.78 is 10.5. The molecule has 184 valence electrons. The Labute approximate surface area is 213 Å². The van der Waals surface area contributed by atoms with Crippen LogP contribution in [0.4, 0.5) is 11.4 Å². The van der Waals surface area contributed by atoms with Crippen LogP contribution in [0.3, 0.4) is 0 Å². The molecule has 1 aliphatic heterocycles. The van der Waals surface area contributed by atoms with Crippen molar-refractivity contribution < 1.29 is 23.9 Å². The summed E-state index contributed by atoms with van der Waals surface area (Å²) in [6.45, 7) is 0.218. The minimum Gasteiger partial charge on any atom is -0.497 e. The first-order chi connectivity index (χ1) is 17.4. The number of anilines is 2. The third-order valence-electron chi connectivity index (χ3n) is 5.65. The second kappa shape index (κ2) is 11.0. The Bertz CT molecular complexity index is 1320. The van der Waals surface area contributed by atoms with E-state index in [1.165, 1.54) is 14.2 Å². The molecule has 0 fully saturated rings. The van der Waals surface area contributed by atoms with Gasteiger partial charge in [0.1, 0.15) is 22.2 Å². The van der Waals surface area contributed by atoms with Crippen molar-refractivity contribution in [3.63, 3.8) is 0 Å². The second-order valence-corrected chi connectivity index (χ2v) is 8.29. The summed E-state index contributed by atoms with van der Waals surface area (Å²) in [6, 6.07) is 21.1. The van der Waals surface area contributed by atoms with Gasteiger partial charge >= 0.3 is 0 Å². The fraction of sp³-hybridized carbons (Fsp3) is 0.148. The highest BCUT2D eigenvalue weighted by Gasteiger charge is 2.37. The Morgan fingerprint density at radius 3 is 2.31 bits per heavy atom. The van der Waals surface area contributed by atoms with Gasteiger partial charge in [0.15, 0.2) is 0 Å². The number of carbonyl (C=O) groups is 3. The maximum Gasteiger partial charge on any atom is 0.278 e. The van der Waals surface area contributed by atoms with Crippen LogP contribution in [-0.4, -0.2) is 43.4 Å². The van der Waals surface area contributed by atoms with Crippen LogP contribution in [0.1, 0.15) is 15.9 Å². The summed E-state index contributed by atoms with van der Waals surface area (Å²) in [5.74, 6) is -0.324. The van der Waals surface area contributed by atoms with E-state index in [0.717, 1.165) is 10.5 Å². The average molecular weight is 506 g/mol. The summed E-state index contributed by atoms with van der Waals surface area (Å²) in [5.41, 5.74) is 2.37. The van der Waals surface area contributed by atoms with Crippen LogP contribution >= 0.6 is 11.6 Å². The Morgan fingerprint density at radius 2 is 1.64 bits per heavy atom. The van der Waals surface area contributed by atoms with Gasteiger partial charge in [0.2, 0.25) is 0 Å². The molecule has 0 bridgehead atoms. The van der Waals surface area contributed by atoms with Crippen molar-refractivity contribution >= 4 is 40.7 Å². The van der Waals surface area contributed by atoms with E-state index in [1.54, 1.807) is 42.5 Å². The highest BCUT2D eigenvalue weighted by molar-refractivity contribution is 6.48. The molecule has 1 heterocycles. The maximum atomic E-state index is 12.9. The van der Waals surface area contributed by atoms with E-state index < -0.39 is 11.8 Å². The van der Waals surface area contributed by atoms with Crippen LogP contribution in [0.5, 0.6) is 11.5 Å². The standard InChI is InChI=1S/C27H24ClN3O5/c1-35-20-12-13-22(36-2)21(16-20)30-25(32)18-8-10-19(11-9-18)29-24-23(28)26(33)31(27(24)34)15-14-17-6-4-3-5-7-17/h3-13,16,29H,14-15H2,1-2H3,(H,30,32). The lowest BCUT2D eigenvalue weighted by molar-refractivity contribution is -0.137. The fourth-order valence-corrected chi connectivity index (χ4v) is 3.93. The molecule has 0 saturated heterocycles. The Morgan fingerprint density at radius 1 is 0.917 bits per heavy atom. The molecular weight excluding hydrogens is 482 g/mol. The maximum absolute atomic E-state index is 12.9. The molecule has 0 radical (unpaired) electrons. The first kappa shape index (κ1) is 24.8. The van der Waals surface area contributed by atoms with Crippen molar-refractivity contribution in [3.8, 4) is 11.5 Å². The number of imide groups is 1. The Balaban J connectivity index is 1.42. The molecule has 2 N–H and O–H groups in total. The largest absolute Gasteiger partial charge is 0.497 e. The second-order valence-electron chi connectivity index (χ2n) is 7.91. The normalized spacial score (nSPS) is 13.1. The van der Waals surface area contributed by atoms with E-state index in [0.29, 0.717) is 34.9 Å². The van der Waals surface area contributed by atoms with Crippen molar-refractivity contribution in [2.24, 2.45) is 0 Å². The number of methoxy groups -OCH3 is 2. The molecule has 3 aromatic rings. The van der Waals surface area contributed by atoms with Crippen LogP contribution in [0.2, 0.25) is 0 Å². The number of carbonyl (C=O) groups excluding carboxylic acids is 3. The lowest BCUT2D eigenvalue weighted by atomic mass is 10.1. The molecule has 36 heavy (non-hydrogen) atoms. The number of rotatable bonds is 9. The number of hydrogen-bond acceptors (Lipinski definition) is 6. The molecule has 3 aromatic carbocycles. The lowest BCUT2D eigenvalue weighted by Crippen LogP contribution is -2.34. The highest BCUT2D eigenvalue weighted by Crippen LogP contribution is 2.30. The zero-order valence-electron chi connectivity index (χ0n) is 19.7. The van der Waals surface area contributed by atoms with Gasteiger partial charge < -0.3 is 20.1 Å². The van der Waals surface area contributed by atoms with Gasteiger partial charge in [0.25, 0.3) is 17.7 Å². The molecule has 3 amide bonds. The smallest absolute Gasteiger partial charge is 0.278 e. The Kier molecular flexibility index (Phi) is 7.56. The molecule has 0 aliphatic carbocycles. The first-order valence-electron chi connectivity index (χ1n) is 11.1. The average Bonchev–Trinajstić information content (AvgIpc) is 3.10. The zero-order chi connectivity index (χ0) is 25.7. The predicted octanol–water partition coefficient (Wildman–Crippen LogP) is 4.43. The summed E-state index contributed by atoms with van der Waals surface area (Å²) in [5, 5.41) is 5.55. The molecule has 0 saturated carbocycles. The molecule has 4 rings (SSSR count). The molecule has 0 aromatic heterocycles. The van der Waals surface area contributed by atoms with Gasteiger partial charge in [0.05, 0.1) is 19.9 Å². The van der Waals surface area contributed by atoms with Gasteiger partial charge in [-0.15, -0.1) is 0 Å². The van der Waals surface area contributed by atoms with E-state index in [-0.39, 0.29) is 23.2 Å². The van der Waals surface area contributed by atoms with E-state index in [2.05, 4.69) is 10.6 Å². The summed E-state index contributed by atoms with van der Waals surface area (Å²) >= 11 is 6.19. The van der Waals surface area contributed by atoms with Gasteiger partial charge in [-0.3, -0.25) is 19.3 Å². The molecule has 8 nitrogen and oxygen atoms in total. The highest BCUT2D eigenvalue weighted by atomic mass is 35.5. The number of hydrogen-bond donors (Lipinski definition) is 2. The lowest BCUT2D eigenvalue weighted by Gasteiger charge is -2.15. The quantitative estimate of drug-likeness (QED) is 0.418. The van der Waals surface area contributed by atoms with Crippen molar-refractivity contribution in [3.05, 3.63) is 94.7 Å². The van der Waals surface area contributed by atoms with Gasteiger partial charge in [-0.25, -0.2) is 0 Å². The fourth-order valence-electron chi connectivity index (χ4n) is 3.70.